The zero-order valence-corrected chi connectivity index (χ0v) is 14.4. The summed E-state index contributed by atoms with van der Waals surface area (Å²) >= 11 is 3.49. The number of hydrogen-bond acceptors (Lipinski definition) is 3. The maximum atomic E-state index is 12.4. The number of carbonyl (C=O) groups excluding carboxylic acids is 1. The molecule has 0 saturated carbocycles. The maximum Gasteiger partial charge on any atom is 0.253 e. The van der Waals surface area contributed by atoms with E-state index in [-0.39, 0.29) is 5.91 Å². The number of carbonyl (C=O) groups is 1. The van der Waals surface area contributed by atoms with Crippen LogP contribution in [0.1, 0.15) is 30.1 Å². The minimum absolute atomic E-state index is 0.0195. The molecule has 0 bridgehead atoms. The Morgan fingerprint density at radius 1 is 1.32 bits per heavy atom. The Kier molecular flexibility index (Phi) is 5.95. The Bertz CT molecular complexity index is 645. The van der Waals surface area contributed by atoms with Crippen LogP contribution in [0.15, 0.2) is 47.1 Å². The summed E-state index contributed by atoms with van der Waals surface area (Å²) in [6.45, 7) is 2.88. The highest BCUT2D eigenvalue weighted by atomic mass is 79.9. The van der Waals surface area contributed by atoms with Crippen LogP contribution >= 0.6 is 15.9 Å². The highest BCUT2D eigenvalue weighted by molar-refractivity contribution is 9.10. The third-order valence-electron chi connectivity index (χ3n) is 3.34. The molecule has 1 aromatic carbocycles. The maximum absolute atomic E-state index is 12.4. The van der Waals surface area contributed by atoms with E-state index in [1.54, 1.807) is 23.2 Å². The van der Waals surface area contributed by atoms with Gasteiger partial charge in [-0.05, 0) is 46.6 Å². The molecular weight excluding hydrogens is 342 g/mol. The molecule has 0 aliphatic rings. The SMILES string of the molecule is CCCCN(C)C(=O)c1ccnc(Nc2ccccc2Br)c1. The number of anilines is 2. The van der Waals surface area contributed by atoms with Gasteiger partial charge in [0.2, 0.25) is 0 Å². The first-order chi connectivity index (χ1) is 10.6. The molecular formula is C17H20BrN3O. The molecule has 0 aliphatic heterocycles. The molecule has 0 unspecified atom stereocenters. The summed E-state index contributed by atoms with van der Waals surface area (Å²) in [6, 6.07) is 11.3. The zero-order chi connectivity index (χ0) is 15.9. The predicted molar refractivity (Wildman–Crippen MR) is 93.5 cm³/mol. The summed E-state index contributed by atoms with van der Waals surface area (Å²) in [5.41, 5.74) is 1.56. The summed E-state index contributed by atoms with van der Waals surface area (Å²) in [7, 11) is 1.83. The van der Waals surface area contributed by atoms with E-state index in [1.807, 2.05) is 31.3 Å². The van der Waals surface area contributed by atoms with Crippen molar-refractivity contribution in [2.45, 2.75) is 19.8 Å². The first-order valence-electron chi connectivity index (χ1n) is 7.35. The van der Waals surface area contributed by atoms with Gasteiger partial charge in [-0.2, -0.15) is 0 Å². The molecule has 2 aromatic rings. The van der Waals surface area contributed by atoms with Crippen LogP contribution in [0.3, 0.4) is 0 Å². The predicted octanol–water partition coefficient (Wildman–Crippen LogP) is 4.46. The molecule has 0 fully saturated rings. The number of nitrogens with zero attached hydrogens (tertiary/aromatic N) is 2. The number of unbranched alkanes of at least 4 members (excludes halogenated alkanes) is 1. The van der Waals surface area contributed by atoms with Crippen LogP contribution in [0.25, 0.3) is 0 Å². The first-order valence-corrected chi connectivity index (χ1v) is 8.14. The highest BCUT2D eigenvalue weighted by Crippen LogP contribution is 2.24. The number of nitrogens with one attached hydrogen (secondary N) is 1. The van der Waals surface area contributed by atoms with Gasteiger partial charge >= 0.3 is 0 Å². The van der Waals surface area contributed by atoms with Gasteiger partial charge in [0.15, 0.2) is 0 Å². The summed E-state index contributed by atoms with van der Waals surface area (Å²) < 4.78 is 0.952. The van der Waals surface area contributed by atoms with Crippen molar-refractivity contribution in [1.29, 1.82) is 0 Å². The van der Waals surface area contributed by atoms with Crippen molar-refractivity contribution in [2.24, 2.45) is 0 Å². The molecule has 1 N–H and O–H groups in total. The number of amides is 1. The second-order valence-electron chi connectivity index (χ2n) is 5.11. The fourth-order valence-electron chi connectivity index (χ4n) is 2.05. The van der Waals surface area contributed by atoms with Crippen LogP contribution in [-0.4, -0.2) is 29.4 Å². The van der Waals surface area contributed by atoms with E-state index < -0.39 is 0 Å². The van der Waals surface area contributed by atoms with Crippen LogP contribution in [0.2, 0.25) is 0 Å². The Hall–Kier alpha value is -1.88. The topological polar surface area (TPSA) is 45.2 Å². The molecule has 2 rings (SSSR count). The molecule has 0 spiro atoms. The number of rotatable bonds is 6. The van der Waals surface area contributed by atoms with Crippen molar-refractivity contribution in [3.8, 4) is 0 Å². The number of pyridine rings is 1. The molecule has 0 atom stereocenters. The average molecular weight is 362 g/mol. The number of halogens is 1. The van der Waals surface area contributed by atoms with Crippen molar-refractivity contribution in [3.63, 3.8) is 0 Å². The van der Waals surface area contributed by atoms with Gasteiger partial charge in [0.1, 0.15) is 5.82 Å². The molecule has 0 aliphatic carbocycles. The summed E-state index contributed by atoms with van der Waals surface area (Å²) in [4.78, 5) is 18.4. The van der Waals surface area contributed by atoms with Crippen LogP contribution in [0.4, 0.5) is 11.5 Å². The van der Waals surface area contributed by atoms with Crippen LogP contribution in [0, 0.1) is 0 Å². The van der Waals surface area contributed by atoms with E-state index >= 15 is 0 Å². The average Bonchev–Trinajstić information content (AvgIpc) is 2.54. The van der Waals surface area contributed by atoms with Crippen molar-refractivity contribution >= 4 is 33.3 Å². The van der Waals surface area contributed by atoms with E-state index in [4.69, 9.17) is 0 Å². The Labute approximate surface area is 139 Å². The number of para-hydroxylation sites is 1. The molecule has 1 aromatic heterocycles. The Morgan fingerprint density at radius 2 is 2.09 bits per heavy atom. The minimum Gasteiger partial charge on any atom is -0.342 e. The zero-order valence-electron chi connectivity index (χ0n) is 12.8. The molecule has 1 amide bonds. The highest BCUT2D eigenvalue weighted by Gasteiger charge is 2.12. The van der Waals surface area contributed by atoms with Gasteiger partial charge in [0, 0.05) is 29.8 Å². The van der Waals surface area contributed by atoms with E-state index in [2.05, 4.69) is 33.2 Å². The van der Waals surface area contributed by atoms with Crippen LogP contribution < -0.4 is 5.32 Å². The van der Waals surface area contributed by atoms with E-state index in [0.29, 0.717) is 11.4 Å². The summed E-state index contributed by atoms with van der Waals surface area (Å²) in [5, 5.41) is 3.22. The Morgan fingerprint density at radius 3 is 2.82 bits per heavy atom. The third kappa shape index (κ3) is 4.31. The van der Waals surface area contributed by atoms with E-state index in [1.165, 1.54) is 0 Å². The third-order valence-corrected chi connectivity index (χ3v) is 4.03. The number of hydrogen-bond donors (Lipinski definition) is 1. The second kappa shape index (κ2) is 7.94. The minimum atomic E-state index is 0.0195. The fraction of sp³-hybridized carbons (Fsp3) is 0.294. The van der Waals surface area contributed by atoms with Crippen molar-refractivity contribution < 1.29 is 4.79 Å². The van der Waals surface area contributed by atoms with Crippen molar-refractivity contribution in [2.75, 3.05) is 18.9 Å². The second-order valence-corrected chi connectivity index (χ2v) is 5.97. The summed E-state index contributed by atoms with van der Waals surface area (Å²) in [6.07, 6.45) is 3.73. The molecule has 22 heavy (non-hydrogen) atoms. The lowest BCUT2D eigenvalue weighted by Gasteiger charge is -2.17. The van der Waals surface area contributed by atoms with Gasteiger partial charge in [0.05, 0.1) is 5.69 Å². The molecule has 5 heteroatoms. The van der Waals surface area contributed by atoms with Gasteiger partial charge in [-0.15, -0.1) is 0 Å². The molecule has 0 saturated heterocycles. The smallest absolute Gasteiger partial charge is 0.253 e. The molecule has 0 radical (unpaired) electrons. The molecule has 1 heterocycles. The lowest BCUT2D eigenvalue weighted by Crippen LogP contribution is -2.27. The largest absolute Gasteiger partial charge is 0.342 e. The van der Waals surface area contributed by atoms with Crippen LogP contribution in [0.5, 0.6) is 0 Å². The molecule has 4 nitrogen and oxygen atoms in total. The van der Waals surface area contributed by atoms with Crippen LogP contribution in [-0.2, 0) is 0 Å². The lowest BCUT2D eigenvalue weighted by atomic mass is 10.2. The monoisotopic (exact) mass is 361 g/mol. The van der Waals surface area contributed by atoms with Gasteiger partial charge in [-0.25, -0.2) is 4.98 Å². The number of aromatic nitrogens is 1. The normalized spacial score (nSPS) is 10.3. The van der Waals surface area contributed by atoms with Crippen molar-refractivity contribution in [1.82, 2.24) is 9.88 Å². The van der Waals surface area contributed by atoms with Gasteiger partial charge in [-0.3, -0.25) is 4.79 Å². The van der Waals surface area contributed by atoms with Gasteiger partial charge in [-0.1, -0.05) is 25.5 Å². The van der Waals surface area contributed by atoms with Gasteiger partial charge < -0.3 is 10.2 Å². The van der Waals surface area contributed by atoms with Gasteiger partial charge in [0.25, 0.3) is 5.91 Å². The fourth-order valence-corrected chi connectivity index (χ4v) is 2.43. The standard InChI is InChI=1S/C17H20BrN3O/c1-3-4-11-21(2)17(22)13-9-10-19-16(12-13)20-15-8-6-5-7-14(15)18/h5-10,12H,3-4,11H2,1-2H3,(H,19,20). The first kappa shape index (κ1) is 16.5. The van der Waals surface area contributed by atoms with E-state index in [0.717, 1.165) is 29.5 Å². The summed E-state index contributed by atoms with van der Waals surface area (Å²) in [5.74, 6) is 0.674. The van der Waals surface area contributed by atoms with Crippen molar-refractivity contribution in [3.05, 3.63) is 52.6 Å². The molecule has 116 valence electrons. The van der Waals surface area contributed by atoms with E-state index in [9.17, 15) is 4.79 Å². The number of benzene rings is 1. The Balaban J connectivity index is 2.13. The quantitative estimate of drug-likeness (QED) is 0.825. The lowest BCUT2D eigenvalue weighted by molar-refractivity contribution is 0.0793.